The molecule has 0 fully saturated rings. The highest BCUT2D eigenvalue weighted by Gasteiger charge is 2.17. The van der Waals surface area contributed by atoms with Gasteiger partial charge in [-0.05, 0) is 31.2 Å². The third-order valence-corrected chi connectivity index (χ3v) is 5.40. The van der Waals surface area contributed by atoms with Crippen molar-refractivity contribution in [2.45, 2.75) is 11.1 Å². The van der Waals surface area contributed by atoms with Crippen molar-refractivity contribution < 1.29 is 17.5 Å². The predicted octanol–water partition coefficient (Wildman–Crippen LogP) is 3.74. The molecule has 20 heavy (non-hydrogen) atoms. The van der Waals surface area contributed by atoms with Crippen LogP contribution in [0, 0.1) is 5.82 Å². The van der Waals surface area contributed by atoms with E-state index in [2.05, 4.69) is 4.72 Å². The molecular formula is C12H11ClFNO3S2. The molecule has 0 unspecified atom stereocenters. The molecule has 0 aliphatic heterocycles. The lowest BCUT2D eigenvalue weighted by Crippen LogP contribution is -2.11. The molecule has 0 saturated heterocycles. The van der Waals surface area contributed by atoms with Crippen LogP contribution in [0.4, 0.5) is 10.1 Å². The first kappa shape index (κ1) is 15.1. The molecule has 8 heteroatoms. The molecule has 0 bridgehead atoms. The number of hydrogen-bond donors (Lipinski definition) is 1. The Morgan fingerprint density at radius 3 is 2.65 bits per heavy atom. The van der Waals surface area contributed by atoms with Crippen LogP contribution < -0.4 is 9.46 Å². The number of anilines is 1. The van der Waals surface area contributed by atoms with Gasteiger partial charge >= 0.3 is 0 Å². The molecule has 0 aliphatic carbocycles. The molecule has 1 aromatic carbocycles. The van der Waals surface area contributed by atoms with E-state index < -0.39 is 15.8 Å². The Hall–Kier alpha value is -1.31. The summed E-state index contributed by atoms with van der Waals surface area (Å²) in [7, 11) is -3.76. The van der Waals surface area contributed by atoms with E-state index in [1.54, 1.807) is 6.92 Å². The van der Waals surface area contributed by atoms with Gasteiger partial charge in [-0.1, -0.05) is 11.6 Å². The van der Waals surface area contributed by atoms with E-state index in [1.807, 2.05) is 0 Å². The lowest BCUT2D eigenvalue weighted by atomic mass is 10.3. The van der Waals surface area contributed by atoms with Crippen molar-refractivity contribution in [3.05, 3.63) is 40.5 Å². The molecule has 0 amide bonds. The maximum atomic E-state index is 13.6. The number of thiophene rings is 1. The molecule has 108 valence electrons. The molecule has 1 N–H and O–H groups in total. The molecular weight excluding hydrogens is 325 g/mol. The lowest BCUT2D eigenvalue weighted by Gasteiger charge is -2.09. The molecule has 0 aliphatic rings. The summed E-state index contributed by atoms with van der Waals surface area (Å²) in [6.45, 7) is 2.06. The number of sulfonamides is 1. The summed E-state index contributed by atoms with van der Waals surface area (Å²) in [6, 6.07) is 6.75. The third-order valence-electron chi connectivity index (χ3n) is 2.30. The Labute approximate surface area is 125 Å². The molecule has 0 radical (unpaired) electrons. The normalized spacial score (nSPS) is 11.3. The van der Waals surface area contributed by atoms with Gasteiger partial charge in [-0.15, -0.1) is 11.3 Å². The van der Waals surface area contributed by atoms with Gasteiger partial charge in [-0.25, -0.2) is 12.8 Å². The quantitative estimate of drug-likeness (QED) is 0.905. The lowest BCUT2D eigenvalue weighted by molar-refractivity contribution is 0.321. The summed E-state index contributed by atoms with van der Waals surface area (Å²) in [5, 5.41) is 0. The van der Waals surface area contributed by atoms with Crippen LogP contribution in [-0.2, 0) is 10.0 Å². The summed E-state index contributed by atoms with van der Waals surface area (Å²) in [6.07, 6.45) is 0. The molecule has 0 saturated carbocycles. The minimum absolute atomic E-state index is 0.0665. The minimum Gasteiger partial charge on any atom is -0.491 e. The Balaban J connectivity index is 2.24. The molecule has 2 rings (SSSR count). The van der Waals surface area contributed by atoms with Crippen molar-refractivity contribution in [2.75, 3.05) is 11.3 Å². The average molecular weight is 336 g/mol. The Morgan fingerprint density at radius 1 is 1.35 bits per heavy atom. The first-order valence-corrected chi connectivity index (χ1v) is 8.30. The van der Waals surface area contributed by atoms with Gasteiger partial charge in [0.25, 0.3) is 10.0 Å². The Bertz CT molecular complexity index is 715. The summed E-state index contributed by atoms with van der Waals surface area (Å²) in [5.41, 5.74) is 0.121. The molecule has 0 atom stereocenters. The average Bonchev–Trinajstić information content (AvgIpc) is 2.80. The second-order valence-corrected chi connectivity index (χ2v) is 7.37. The Morgan fingerprint density at radius 2 is 2.10 bits per heavy atom. The van der Waals surface area contributed by atoms with E-state index in [9.17, 15) is 12.8 Å². The van der Waals surface area contributed by atoms with Crippen molar-refractivity contribution in [1.82, 2.24) is 0 Å². The summed E-state index contributed by atoms with van der Waals surface area (Å²) < 4.78 is 45.4. The van der Waals surface area contributed by atoms with Crippen LogP contribution in [0.2, 0.25) is 4.34 Å². The number of nitrogens with one attached hydrogen (secondary N) is 1. The molecule has 1 heterocycles. The van der Waals surface area contributed by atoms with E-state index in [0.717, 1.165) is 17.4 Å². The second-order valence-electron chi connectivity index (χ2n) is 3.74. The van der Waals surface area contributed by atoms with Gasteiger partial charge in [0.2, 0.25) is 0 Å². The number of halogens is 2. The zero-order valence-electron chi connectivity index (χ0n) is 10.4. The van der Waals surface area contributed by atoms with E-state index in [0.29, 0.717) is 10.9 Å². The van der Waals surface area contributed by atoms with Crippen LogP contribution >= 0.6 is 22.9 Å². The van der Waals surface area contributed by atoms with Crippen molar-refractivity contribution in [3.63, 3.8) is 0 Å². The fourth-order valence-electron chi connectivity index (χ4n) is 1.48. The molecule has 2 aromatic rings. The molecule has 0 spiro atoms. The van der Waals surface area contributed by atoms with Gasteiger partial charge in [-0.2, -0.15) is 0 Å². The van der Waals surface area contributed by atoms with Crippen molar-refractivity contribution in [3.8, 4) is 5.75 Å². The van der Waals surface area contributed by atoms with Crippen LogP contribution in [0.3, 0.4) is 0 Å². The minimum atomic E-state index is -3.76. The first-order chi connectivity index (χ1) is 9.42. The topological polar surface area (TPSA) is 55.4 Å². The maximum absolute atomic E-state index is 13.6. The second kappa shape index (κ2) is 5.99. The van der Waals surface area contributed by atoms with Crippen LogP contribution in [-0.4, -0.2) is 15.0 Å². The maximum Gasteiger partial charge on any atom is 0.271 e. The highest BCUT2D eigenvalue weighted by molar-refractivity contribution is 7.94. The zero-order chi connectivity index (χ0) is 14.8. The molecule has 1 aromatic heterocycles. The zero-order valence-corrected chi connectivity index (χ0v) is 12.8. The fourth-order valence-corrected chi connectivity index (χ4v) is 4.02. The standard InChI is InChI=1S/C12H11ClFNO3S2/c1-2-18-10-4-3-8(7-9(10)14)15-20(16,17)12-6-5-11(13)19-12/h3-7,15H,2H2,1H3. The monoisotopic (exact) mass is 335 g/mol. The van der Waals surface area contributed by atoms with Crippen LogP contribution in [0.25, 0.3) is 0 Å². The van der Waals surface area contributed by atoms with Gasteiger partial charge in [0.1, 0.15) is 4.21 Å². The molecule has 4 nitrogen and oxygen atoms in total. The van der Waals surface area contributed by atoms with Crippen LogP contribution in [0.15, 0.2) is 34.5 Å². The Kier molecular flexibility index (Phi) is 4.52. The number of benzene rings is 1. The fraction of sp³-hybridized carbons (Fsp3) is 0.167. The summed E-state index contributed by atoms with van der Waals surface area (Å²) in [4.78, 5) is 0. The van der Waals surface area contributed by atoms with Gasteiger partial charge in [0, 0.05) is 6.07 Å². The number of ether oxygens (including phenoxy) is 1. The first-order valence-electron chi connectivity index (χ1n) is 5.63. The smallest absolute Gasteiger partial charge is 0.271 e. The number of hydrogen-bond acceptors (Lipinski definition) is 4. The van der Waals surface area contributed by atoms with Crippen molar-refractivity contribution >= 4 is 38.6 Å². The van der Waals surface area contributed by atoms with Gasteiger partial charge in [0.15, 0.2) is 11.6 Å². The summed E-state index contributed by atoms with van der Waals surface area (Å²) >= 11 is 6.63. The van der Waals surface area contributed by atoms with Crippen LogP contribution in [0.5, 0.6) is 5.75 Å². The van der Waals surface area contributed by atoms with Crippen molar-refractivity contribution in [1.29, 1.82) is 0 Å². The van der Waals surface area contributed by atoms with Gasteiger partial charge in [-0.3, -0.25) is 4.72 Å². The van der Waals surface area contributed by atoms with Gasteiger partial charge in [0.05, 0.1) is 16.6 Å². The van der Waals surface area contributed by atoms with Crippen molar-refractivity contribution in [2.24, 2.45) is 0 Å². The summed E-state index contributed by atoms with van der Waals surface area (Å²) in [5.74, 6) is -0.550. The number of rotatable bonds is 5. The highest BCUT2D eigenvalue weighted by Crippen LogP contribution is 2.28. The van der Waals surface area contributed by atoms with E-state index >= 15 is 0 Å². The van der Waals surface area contributed by atoms with Crippen LogP contribution in [0.1, 0.15) is 6.92 Å². The predicted molar refractivity (Wildman–Crippen MR) is 77.7 cm³/mol. The van der Waals surface area contributed by atoms with E-state index in [-0.39, 0.29) is 15.6 Å². The third kappa shape index (κ3) is 3.41. The largest absolute Gasteiger partial charge is 0.491 e. The SMILES string of the molecule is CCOc1ccc(NS(=O)(=O)c2ccc(Cl)s2)cc1F. The van der Waals surface area contributed by atoms with E-state index in [4.69, 9.17) is 16.3 Å². The van der Waals surface area contributed by atoms with E-state index in [1.165, 1.54) is 24.3 Å². The van der Waals surface area contributed by atoms with Gasteiger partial charge < -0.3 is 4.74 Å². The highest BCUT2D eigenvalue weighted by atomic mass is 35.5.